The Hall–Kier alpha value is -0.830. The molecule has 1 aromatic heterocycles. The number of imidazole rings is 1. The first-order chi connectivity index (χ1) is 8.76. The topological polar surface area (TPSA) is 40.7 Å². The lowest BCUT2D eigenvalue weighted by Gasteiger charge is -2.20. The highest BCUT2D eigenvalue weighted by Crippen LogP contribution is 2.34. The van der Waals surface area contributed by atoms with Crippen LogP contribution in [-0.4, -0.2) is 23.6 Å². The molecule has 0 radical (unpaired) electrons. The number of aryl methyl sites for hydroxylation is 1. The quantitative estimate of drug-likeness (QED) is 0.838. The summed E-state index contributed by atoms with van der Waals surface area (Å²) in [5, 5.41) is 3.27. The number of nitrogens with zero attached hydrogens (tertiary/aromatic N) is 1. The summed E-state index contributed by atoms with van der Waals surface area (Å²) in [6, 6.07) is 0. The molecule has 0 spiro atoms. The zero-order chi connectivity index (χ0) is 13.0. The summed E-state index contributed by atoms with van der Waals surface area (Å²) in [7, 11) is 2.01. The van der Waals surface area contributed by atoms with Gasteiger partial charge in [0.05, 0.1) is 5.69 Å². The number of hydrogen-bond acceptors (Lipinski definition) is 2. The molecular weight excluding hydrogens is 222 g/mol. The Morgan fingerprint density at radius 2 is 2.06 bits per heavy atom. The van der Waals surface area contributed by atoms with Crippen molar-refractivity contribution in [1.29, 1.82) is 0 Å². The van der Waals surface area contributed by atoms with E-state index < -0.39 is 0 Å². The van der Waals surface area contributed by atoms with Gasteiger partial charge in [0.15, 0.2) is 0 Å². The Balaban J connectivity index is 2.14. The highest BCUT2D eigenvalue weighted by molar-refractivity contribution is 5.20. The predicted octanol–water partition coefficient (Wildman–Crippen LogP) is 3.48. The Morgan fingerprint density at radius 1 is 1.33 bits per heavy atom. The highest BCUT2D eigenvalue weighted by Gasteiger charge is 2.22. The van der Waals surface area contributed by atoms with Crippen LogP contribution in [0.2, 0.25) is 0 Å². The van der Waals surface area contributed by atoms with E-state index in [-0.39, 0.29) is 0 Å². The van der Waals surface area contributed by atoms with E-state index in [9.17, 15) is 0 Å². The Morgan fingerprint density at radius 3 is 2.67 bits per heavy atom. The Bertz CT molecular complexity index is 364. The zero-order valence-electron chi connectivity index (χ0n) is 12.1. The minimum Gasteiger partial charge on any atom is -0.346 e. The molecule has 1 aliphatic carbocycles. The number of H-pyrrole nitrogens is 1. The third kappa shape index (κ3) is 2.94. The van der Waals surface area contributed by atoms with E-state index in [0.29, 0.717) is 11.8 Å². The minimum atomic E-state index is 0.519. The predicted molar refractivity (Wildman–Crippen MR) is 76.1 cm³/mol. The number of aromatic amines is 1. The van der Waals surface area contributed by atoms with Gasteiger partial charge in [-0.15, -0.1) is 0 Å². The molecule has 1 aromatic rings. The summed E-state index contributed by atoms with van der Waals surface area (Å²) in [6.07, 6.45) is 7.95. The number of likely N-dealkylation sites (N-methyl/N-ethyl adjacent to an activating group) is 1. The van der Waals surface area contributed by atoms with Crippen molar-refractivity contribution in [3.63, 3.8) is 0 Å². The molecular formula is C15H27N3. The molecule has 1 saturated carbocycles. The van der Waals surface area contributed by atoms with Crippen molar-refractivity contribution in [3.8, 4) is 0 Å². The van der Waals surface area contributed by atoms with Crippen LogP contribution in [0.5, 0.6) is 0 Å². The van der Waals surface area contributed by atoms with Crippen molar-refractivity contribution < 1.29 is 0 Å². The van der Waals surface area contributed by atoms with Crippen LogP contribution >= 0.6 is 0 Å². The molecule has 0 aromatic carbocycles. The number of nitrogens with one attached hydrogen (secondary N) is 2. The van der Waals surface area contributed by atoms with Crippen LogP contribution < -0.4 is 5.32 Å². The molecule has 1 aliphatic rings. The van der Waals surface area contributed by atoms with Crippen LogP contribution in [0, 0.1) is 6.92 Å². The van der Waals surface area contributed by atoms with Crippen LogP contribution in [0.25, 0.3) is 0 Å². The van der Waals surface area contributed by atoms with Crippen LogP contribution in [0.1, 0.15) is 74.5 Å². The third-order valence-corrected chi connectivity index (χ3v) is 4.26. The third-order valence-electron chi connectivity index (χ3n) is 4.26. The molecule has 2 N–H and O–H groups in total. The van der Waals surface area contributed by atoms with Gasteiger partial charge in [0.2, 0.25) is 0 Å². The average Bonchev–Trinajstić information content (AvgIpc) is 2.79. The van der Waals surface area contributed by atoms with Gasteiger partial charge in [-0.2, -0.15) is 0 Å². The van der Waals surface area contributed by atoms with Crippen molar-refractivity contribution in [2.24, 2.45) is 0 Å². The number of rotatable bonds is 5. The molecule has 3 heteroatoms. The van der Waals surface area contributed by atoms with Gasteiger partial charge in [-0.05, 0) is 33.2 Å². The monoisotopic (exact) mass is 249 g/mol. The molecule has 2 rings (SSSR count). The molecule has 1 atom stereocenters. The maximum absolute atomic E-state index is 4.93. The average molecular weight is 249 g/mol. The standard InChI is InChI=1S/C15H27N3/c1-4-12(10-16-3)15-17-11(2)14(18-15)13-8-6-5-7-9-13/h12-13,16H,4-10H2,1-3H3,(H,17,18). The van der Waals surface area contributed by atoms with Crippen molar-refractivity contribution in [2.75, 3.05) is 13.6 Å². The van der Waals surface area contributed by atoms with Gasteiger partial charge in [-0.1, -0.05) is 26.2 Å². The van der Waals surface area contributed by atoms with Crippen LogP contribution in [0.3, 0.4) is 0 Å². The van der Waals surface area contributed by atoms with Crippen molar-refractivity contribution in [2.45, 2.75) is 64.2 Å². The van der Waals surface area contributed by atoms with Gasteiger partial charge in [-0.25, -0.2) is 4.98 Å². The summed E-state index contributed by atoms with van der Waals surface area (Å²) in [6.45, 7) is 5.43. The van der Waals surface area contributed by atoms with Crippen molar-refractivity contribution in [3.05, 3.63) is 17.2 Å². The summed E-state index contributed by atoms with van der Waals surface area (Å²) in [5.41, 5.74) is 2.64. The molecule has 3 nitrogen and oxygen atoms in total. The maximum Gasteiger partial charge on any atom is 0.110 e. The second-order valence-corrected chi connectivity index (χ2v) is 5.63. The Kier molecular flexibility index (Phi) is 4.81. The van der Waals surface area contributed by atoms with Gasteiger partial charge in [-0.3, -0.25) is 0 Å². The van der Waals surface area contributed by atoms with Gasteiger partial charge in [0.1, 0.15) is 5.82 Å². The highest BCUT2D eigenvalue weighted by atomic mass is 15.0. The second kappa shape index (κ2) is 6.37. The van der Waals surface area contributed by atoms with Gasteiger partial charge >= 0.3 is 0 Å². The minimum absolute atomic E-state index is 0.519. The number of hydrogen-bond donors (Lipinski definition) is 2. The molecule has 0 bridgehead atoms. The van der Waals surface area contributed by atoms with Gasteiger partial charge < -0.3 is 10.3 Å². The molecule has 102 valence electrons. The maximum atomic E-state index is 4.93. The smallest absolute Gasteiger partial charge is 0.110 e. The Labute approximate surface area is 111 Å². The van der Waals surface area contributed by atoms with Crippen LogP contribution in [0.15, 0.2) is 0 Å². The molecule has 0 aliphatic heterocycles. The van der Waals surface area contributed by atoms with E-state index in [2.05, 4.69) is 24.1 Å². The normalized spacial score (nSPS) is 19.1. The molecule has 18 heavy (non-hydrogen) atoms. The molecule has 1 heterocycles. The van der Waals surface area contributed by atoms with Gasteiger partial charge in [0.25, 0.3) is 0 Å². The van der Waals surface area contributed by atoms with E-state index in [0.717, 1.165) is 13.0 Å². The molecule has 0 saturated heterocycles. The lowest BCUT2D eigenvalue weighted by Crippen LogP contribution is -2.17. The van der Waals surface area contributed by atoms with Crippen molar-refractivity contribution in [1.82, 2.24) is 15.3 Å². The number of aromatic nitrogens is 2. The molecule has 0 amide bonds. The van der Waals surface area contributed by atoms with E-state index in [1.165, 1.54) is 49.3 Å². The molecule has 1 fully saturated rings. The lowest BCUT2D eigenvalue weighted by atomic mass is 9.86. The summed E-state index contributed by atoms with van der Waals surface area (Å²) in [4.78, 5) is 8.45. The lowest BCUT2D eigenvalue weighted by molar-refractivity contribution is 0.435. The van der Waals surface area contributed by atoms with Crippen LogP contribution in [0.4, 0.5) is 0 Å². The first kappa shape index (κ1) is 13.6. The van der Waals surface area contributed by atoms with E-state index in [1.54, 1.807) is 0 Å². The molecule has 1 unspecified atom stereocenters. The van der Waals surface area contributed by atoms with Gasteiger partial charge in [0, 0.05) is 24.1 Å². The van der Waals surface area contributed by atoms with E-state index in [4.69, 9.17) is 4.98 Å². The first-order valence-electron chi connectivity index (χ1n) is 7.47. The van der Waals surface area contributed by atoms with Crippen molar-refractivity contribution >= 4 is 0 Å². The summed E-state index contributed by atoms with van der Waals surface area (Å²) < 4.78 is 0. The second-order valence-electron chi connectivity index (χ2n) is 5.63. The largest absolute Gasteiger partial charge is 0.346 e. The van der Waals surface area contributed by atoms with E-state index >= 15 is 0 Å². The fraction of sp³-hybridized carbons (Fsp3) is 0.800. The zero-order valence-corrected chi connectivity index (χ0v) is 12.1. The van der Waals surface area contributed by atoms with E-state index in [1.807, 2.05) is 7.05 Å². The SMILES string of the molecule is CCC(CNC)c1nc(C2CCCCC2)c(C)[nH]1. The fourth-order valence-electron chi connectivity index (χ4n) is 3.15. The summed E-state index contributed by atoms with van der Waals surface area (Å²) >= 11 is 0. The first-order valence-corrected chi connectivity index (χ1v) is 7.47. The van der Waals surface area contributed by atoms with Crippen LogP contribution in [-0.2, 0) is 0 Å². The summed E-state index contributed by atoms with van der Waals surface area (Å²) in [5.74, 6) is 2.41. The fourth-order valence-corrected chi connectivity index (χ4v) is 3.15.